The Kier molecular flexibility index (Phi) is 6.78. The molecular weight excluding hydrogens is 476 g/mol. The van der Waals surface area contributed by atoms with E-state index in [0.29, 0.717) is 33.7 Å². The number of thioether (sulfide) groups is 1. The van der Waals surface area contributed by atoms with Crippen molar-refractivity contribution in [3.05, 3.63) is 67.0 Å². The van der Waals surface area contributed by atoms with E-state index in [2.05, 4.69) is 15.9 Å². The van der Waals surface area contributed by atoms with Crippen molar-refractivity contribution in [3.8, 4) is 11.5 Å². The molecule has 2 aromatic carbocycles. The van der Waals surface area contributed by atoms with Crippen molar-refractivity contribution < 1.29 is 24.0 Å². The van der Waals surface area contributed by atoms with E-state index in [0.717, 1.165) is 16.7 Å². The normalized spacial score (nSPS) is 15.0. The van der Waals surface area contributed by atoms with Gasteiger partial charge in [0.2, 0.25) is 0 Å². The lowest BCUT2D eigenvalue weighted by atomic mass is 10.1. The first-order chi connectivity index (χ1) is 14.3. The smallest absolute Gasteiger partial charge is 0.293 e. The van der Waals surface area contributed by atoms with Gasteiger partial charge in [-0.15, -0.1) is 0 Å². The first-order valence-electron chi connectivity index (χ1n) is 8.83. The molecule has 0 saturated carbocycles. The Labute approximate surface area is 185 Å². The molecule has 30 heavy (non-hydrogen) atoms. The molecule has 8 nitrogen and oxygen atoms in total. The van der Waals surface area contributed by atoms with Crippen LogP contribution in [0.2, 0.25) is 0 Å². The highest BCUT2D eigenvalue weighted by molar-refractivity contribution is 9.10. The fourth-order valence-electron chi connectivity index (χ4n) is 2.77. The molecule has 2 amide bonds. The van der Waals surface area contributed by atoms with Gasteiger partial charge in [-0.2, -0.15) is 0 Å². The molecule has 2 aromatic rings. The maximum absolute atomic E-state index is 12.8. The number of nitrogens with zero attached hydrogens (tertiary/aromatic N) is 2. The highest BCUT2D eigenvalue weighted by Crippen LogP contribution is 2.38. The Morgan fingerprint density at radius 2 is 1.90 bits per heavy atom. The molecule has 0 spiro atoms. The number of ether oxygens (including phenoxy) is 2. The fourth-order valence-corrected chi connectivity index (χ4v) is 4.04. The maximum Gasteiger partial charge on any atom is 0.293 e. The largest absolute Gasteiger partial charge is 0.493 e. The standard InChI is InChI=1S/C20H17BrN2O6S/c1-3-29-17-10-15(21)13(8-16(17)28-2)9-18-19(24)22(20(25)30-18)11-12-4-6-14(7-5-12)23(26)27/h4-10H,3,11H2,1-2H3/b18-9-. The number of methoxy groups -OCH3 is 1. The van der Waals surface area contributed by atoms with Crippen LogP contribution in [0.15, 0.2) is 45.8 Å². The Hall–Kier alpha value is -2.85. The average Bonchev–Trinajstić information content (AvgIpc) is 2.98. The molecule has 0 atom stereocenters. The summed E-state index contributed by atoms with van der Waals surface area (Å²) in [5.74, 6) is 0.648. The number of benzene rings is 2. The van der Waals surface area contributed by atoms with Gasteiger partial charge in [-0.1, -0.05) is 28.1 Å². The van der Waals surface area contributed by atoms with Gasteiger partial charge >= 0.3 is 0 Å². The van der Waals surface area contributed by atoms with Crippen molar-refractivity contribution in [2.45, 2.75) is 13.5 Å². The number of nitro groups is 1. The molecule has 1 fully saturated rings. The van der Waals surface area contributed by atoms with Gasteiger partial charge in [0, 0.05) is 16.6 Å². The summed E-state index contributed by atoms with van der Waals surface area (Å²) in [5, 5.41) is 10.4. The molecule has 156 valence electrons. The van der Waals surface area contributed by atoms with Gasteiger partial charge in [0.15, 0.2) is 11.5 Å². The van der Waals surface area contributed by atoms with Gasteiger partial charge in [0.1, 0.15) is 0 Å². The number of nitro benzene ring substituents is 1. The number of hydrogen-bond donors (Lipinski definition) is 0. The molecule has 10 heteroatoms. The van der Waals surface area contributed by atoms with Crippen LogP contribution in [0.3, 0.4) is 0 Å². The van der Waals surface area contributed by atoms with Crippen LogP contribution in [0.1, 0.15) is 18.1 Å². The SMILES string of the molecule is CCOc1cc(Br)c(/C=C2\SC(=O)N(Cc3ccc([N+](=O)[O-])cc3)C2=O)cc1OC. The van der Waals surface area contributed by atoms with E-state index < -0.39 is 16.1 Å². The van der Waals surface area contributed by atoms with Crippen molar-refractivity contribution in [2.75, 3.05) is 13.7 Å². The Bertz CT molecular complexity index is 1040. The van der Waals surface area contributed by atoms with Gasteiger partial charge in [0.25, 0.3) is 16.8 Å². The highest BCUT2D eigenvalue weighted by atomic mass is 79.9. The van der Waals surface area contributed by atoms with Crippen LogP contribution >= 0.6 is 27.7 Å². The molecule has 0 aliphatic carbocycles. The van der Waals surface area contributed by atoms with Crippen LogP contribution in [-0.2, 0) is 11.3 Å². The number of halogens is 1. The first kappa shape index (κ1) is 21.8. The van der Waals surface area contributed by atoms with Crippen LogP contribution in [0.25, 0.3) is 6.08 Å². The molecule has 0 radical (unpaired) electrons. The summed E-state index contributed by atoms with van der Waals surface area (Å²) in [7, 11) is 1.52. The number of carbonyl (C=O) groups is 2. The molecule has 1 heterocycles. The lowest BCUT2D eigenvalue weighted by Gasteiger charge is -2.13. The number of carbonyl (C=O) groups excluding carboxylic acids is 2. The molecule has 1 saturated heterocycles. The lowest BCUT2D eigenvalue weighted by molar-refractivity contribution is -0.384. The van der Waals surface area contributed by atoms with E-state index in [1.54, 1.807) is 18.2 Å². The molecule has 0 unspecified atom stereocenters. The monoisotopic (exact) mass is 492 g/mol. The van der Waals surface area contributed by atoms with E-state index in [9.17, 15) is 19.7 Å². The van der Waals surface area contributed by atoms with Crippen molar-refractivity contribution in [3.63, 3.8) is 0 Å². The fraction of sp³-hybridized carbons (Fsp3) is 0.200. The lowest BCUT2D eigenvalue weighted by Crippen LogP contribution is -2.27. The Morgan fingerprint density at radius 1 is 1.20 bits per heavy atom. The Morgan fingerprint density at radius 3 is 2.50 bits per heavy atom. The van der Waals surface area contributed by atoms with Gasteiger partial charge in [0.05, 0.1) is 30.1 Å². The van der Waals surface area contributed by atoms with Gasteiger partial charge in [-0.3, -0.25) is 24.6 Å². The van der Waals surface area contributed by atoms with Gasteiger partial charge in [-0.25, -0.2) is 0 Å². The van der Waals surface area contributed by atoms with E-state index >= 15 is 0 Å². The summed E-state index contributed by atoms with van der Waals surface area (Å²) in [4.78, 5) is 36.8. The summed E-state index contributed by atoms with van der Waals surface area (Å²) in [6.07, 6.45) is 1.61. The first-order valence-corrected chi connectivity index (χ1v) is 10.4. The highest BCUT2D eigenvalue weighted by Gasteiger charge is 2.35. The number of amides is 2. The predicted molar refractivity (Wildman–Crippen MR) is 116 cm³/mol. The zero-order valence-corrected chi connectivity index (χ0v) is 18.5. The maximum atomic E-state index is 12.8. The van der Waals surface area contributed by atoms with Crippen molar-refractivity contribution in [1.82, 2.24) is 4.90 Å². The zero-order valence-electron chi connectivity index (χ0n) is 16.1. The number of hydrogen-bond acceptors (Lipinski definition) is 7. The number of rotatable bonds is 7. The zero-order chi connectivity index (χ0) is 21.8. The van der Waals surface area contributed by atoms with Crippen LogP contribution < -0.4 is 9.47 Å². The summed E-state index contributed by atoms with van der Waals surface area (Å²) >= 11 is 4.29. The van der Waals surface area contributed by atoms with Crippen molar-refractivity contribution in [1.29, 1.82) is 0 Å². The summed E-state index contributed by atoms with van der Waals surface area (Å²) in [6, 6.07) is 9.20. The van der Waals surface area contributed by atoms with Crippen LogP contribution in [0.4, 0.5) is 10.5 Å². The van der Waals surface area contributed by atoms with E-state index in [4.69, 9.17) is 9.47 Å². The molecule has 1 aliphatic rings. The second kappa shape index (κ2) is 9.31. The van der Waals surface area contributed by atoms with E-state index in [1.807, 2.05) is 6.92 Å². The van der Waals surface area contributed by atoms with E-state index in [-0.39, 0.29) is 17.1 Å². The molecule has 3 rings (SSSR count). The van der Waals surface area contributed by atoms with Gasteiger partial charge in [-0.05, 0) is 48.0 Å². The quantitative estimate of drug-likeness (QED) is 0.304. The van der Waals surface area contributed by atoms with Crippen LogP contribution in [0, 0.1) is 10.1 Å². The molecule has 0 bridgehead atoms. The topological polar surface area (TPSA) is 99.0 Å². The predicted octanol–water partition coefficient (Wildman–Crippen LogP) is 5.00. The number of non-ortho nitro benzene ring substituents is 1. The van der Waals surface area contributed by atoms with Crippen molar-refractivity contribution in [2.24, 2.45) is 0 Å². The second-order valence-corrected chi connectivity index (χ2v) is 8.00. The minimum Gasteiger partial charge on any atom is -0.493 e. The minimum atomic E-state index is -0.504. The number of imide groups is 1. The van der Waals surface area contributed by atoms with Crippen molar-refractivity contribution >= 4 is 50.6 Å². The Balaban J connectivity index is 1.83. The summed E-state index contributed by atoms with van der Waals surface area (Å²) < 4.78 is 11.6. The third-order valence-electron chi connectivity index (χ3n) is 4.23. The average molecular weight is 493 g/mol. The third kappa shape index (κ3) is 4.65. The second-order valence-electron chi connectivity index (χ2n) is 6.15. The van der Waals surface area contributed by atoms with E-state index in [1.165, 1.54) is 31.4 Å². The minimum absolute atomic E-state index is 0.0355. The molecule has 0 N–H and O–H groups in total. The van der Waals surface area contributed by atoms with Gasteiger partial charge < -0.3 is 9.47 Å². The third-order valence-corrected chi connectivity index (χ3v) is 5.82. The molecule has 0 aromatic heterocycles. The molecule has 1 aliphatic heterocycles. The molecular formula is C20H17BrN2O6S. The van der Waals surface area contributed by atoms with Crippen LogP contribution in [-0.4, -0.2) is 34.7 Å². The van der Waals surface area contributed by atoms with Crippen LogP contribution in [0.5, 0.6) is 11.5 Å². The summed E-state index contributed by atoms with van der Waals surface area (Å²) in [6.45, 7) is 2.37. The summed E-state index contributed by atoms with van der Waals surface area (Å²) in [5.41, 5.74) is 1.23.